The summed E-state index contributed by atoms with van der Waals surface area (Å²) in [4.78, 5) is 34.2. The zero-order valence-corrected chi connectivity index (χ0v) is 22.5. The largest absolute Gasteiger partial charge is 0.456 e. The van der Waals surface area contributed by atoms with Crippen LogP contribution in [0, 0.1) is 12.8 Å². The van der Waals surface area contributed by atoms with Crippen molar-refractivity contribution in [3.8, 4) is 11.5 Å². The number of nitrogens with one attached hydrogen (secondary N) is 1. The second-order valence-electron chi connectivity index (χ2n) is 9.83. The molecule has 9 heteroatoms. The molecule has 7 nitrogen and oxygen atoms in total. The zero-order valence-electron chi connectivity index (χ0n) is 20.9. The molecule has 1 aliphatic heterocycles. The molecule has 0 bridgehead atoms. The van der Waals surface area contributed by atoms with E-state index in [1.165, 1.54) is 24.2 Å². The summed E-state index contributed by atoms with van der Waals surface area (Å²) in [5, 5.41) is 4.04. The molecular formula is C28H29N3O4S2. The van der Waals surface area contributed by atoms with Crippen molar-refractivity contribution in [2.75, 3.05) is 26.8 Å². The van der Waals surface area contributed by atoms with E-state index in [0.29, 0.717) is 28.9 Å². The number of fused-ring (bicyclic) bond motifs is 2. The smallest absolute Gasteiger partial charge is 0.264 e. The summed E-state index contributed by atoms with van der Waals surface area (Å²) in [6.07, 6.45) is 6.08. The highest BCUT2D eigenvalue weighted by Gasteiger charge is 2.30. The lowest BCUT2D eigenvalue weighted by atomic mass is 10.1. The molecule has 1 atom stereocenters. The van der Waals surface area contributed by atoms with Crippen LogP contribution < -0.4 is 10.1 Å². The normalized spacial score (nSPS) is 17.6. The molecule has 1 N–H and O–H groups in total. The number of likely N-dealkylation sites (tertiary alicyclic amines) is 1. The average molecular weight is 536 g/mol. The summed E-state index contributed by atoms with van der Waals surface area (Å²) in [5.74, 6) is 2.02. The summed E-state index contributed by atoms with van der Waals surface area (Å²) in [6.45, 7) is 4.05. The molecular weight excluding hydrogens is 506 g/mol. The van der Waals surface area contributed by atoms with Gasteiger partial charge in [0.05, 0.1) is 33.3 Å². The van der Waals surface area contributed by atoms with E-state index < -0.39 is 0 Å². The Morgan fingerprint density at radius 2 is 2.03 bits per heavy atom. The summed E-state index contributed by atoms with van der Waals surface area (Å²) in [5.41, 5.74) is 1.50. The summed E-state index contributed by atoms with van der Waals surface area (Å²) in [7, 11) is 1.67. The molecule has 0 unspecified atom stereocenters. The Morgan fingerprint density at radius 1 is 1.16 bits per heavy atom. The molecule has 6 rings (SSSR count). The number of benzene rings is 1. The maximum absolute atomic E-state index is 13.3. The van der Waals surface area contributed by atoms with Crippen molar-refractivity contribution in [2.45, 2.75) is 38.6 Å². The van der Waals surface area contributed by atoms with E-state index in [1.54, 1.807) is 24.6 Å². The van der Waals surface area contributed by atoms with Gasteiger partial charge in [-0.05, 0) is 62.8 Å². The SMILES string of the molecule is COC[C@@H]1CCCN1C(=O)c1cc2nccc(Oc3ccc4c(C(=O)NCC5CC5)c(C)sc4c3)c2s1. The molecule has 2 amide bonds. The molecule has 0 radical (unpaired) electrons. The van der Waals surface area contributed by atoms with Crippen molar-refractivity contribution in [2.24, 2.45) is 5.92 Å². The standard InChI is InChI=1S/C28H29N3O4S2/c1-16-25(27(32)30-14-17-5-6-17)20-8-7-19(12-23(20)36-16)35-22-9-10-29-21-13-24(37-26(21)22)28(33)31-11-3-4-18(31)15-34-2/h7-10,12-13,17-18H,3-6,11,14-15H2,1-2H3,(H,30,32)/t18-/m0/s1. The fourth-order valence-corrected chi connectivity index (χ4v) is 7.14. The number of aryl methyl sites for hydroxylation is 1. The van der Waals surface area contributed by atoms with E-state index in [-0.39, 0.29) is 17.9 Å². The Labute approximate surface area is 223 Å². The average Bonchev–Trinajstić information content (AvgIpc) is 3.27. The summed E-state index contributed by atoms with van der Waals surface area (Å²) >= 11 is 3.02. The van der Waals surface area contributed by atoms with Crippen molar-refractivity contribution in [1.82, 2.24) is 15.2 Å². The van der Waals surface area contributed by atoms with Gasteiger partial charge in [0.15, 0.2) is 0 Å². The molecule has 0 spiro atoms. The Morgan fingerprint density at radius 3 is 2.84 bits per heavy atom. The van der Waals surface area contributed by atoms with Crippen molar-refractivity contribution in [3.63, 3.8) is 0 Å². The Hall–Kier alpha value is -3.01. The summed E-state index contributed by atoms with van der Waals surface area (Å²) in [6, 6.07) is 9.65. The van der Waals surface area contributed by atoms with Crippen LogP contribution in [0.1, 0.15) is 50.6 Å². The lowest BCUT2D eigenvalue weighted by molar-refractivity contribution is 0.0635. The molecule has 3 aromatic heterocycles. The summed E-state index contributed by atoms with van der Waals surface area (Å²) < 4.78 is 13.5. The van der Waals surface area contributed by atoms with Gasteiger partial charge < -0.3 is 19.7 Å². The van der Waals surface area contributed by atoms with Crippen LogP contribution >= 0.6 is 22.7 Å². The fraction of sp³-hybridized carbons (Fsp3) is 0.393. The lowest BCUT2D eigenvalue weighted by Crippen LogP contribution is -2.37. The van der Waals surface area contributed by atoms with Gasteiger partial charge in [-0.2, -0.15) is 0 Å². The third kappa shape index (κ3) is 4.83. The van der Waals surface area contributed by atoms with Crippen LogP contribution in [0.25, 0.3) is 20.3 Å². The minimum absolute atomic E-state index is 0.00156. The van der Waals surface area contributed by atoms with Crippen LogP contribution in [0.5, 0.6) is 11.5 Å². The Kier molecular flexibility index (Phi) is 6.60. The number of aromatic nitrogens is 1. The molecule has 192 valence electrons. The van der Waals surface area contributed by atoms with Crippen LogP contribution in [-0.4, -0.2) is 54.5 Å². The van der Waals surface area contributed by atoms with Gasteiger partial charge >= 0.3 is 0 Å². The second kappa shape index (κ2) is 10.0. The van der Waals surface area contributed by atoms with E-state index in [2.05, 4.69) is 10.3 Å². The topological polar surface area (TPSA) is 80.8 Å². The first-order valence-corrected chi connectivity index (χ1v) is 14.3. The Bertz CT molecular complexity index is 1490. The van der Waals surface area contributed by atoms with Gasteiger partial charge in [-0.1, -0.05) is 0 Å². The van der Waals surface area contributed by atoms with E-state index in [4.69, 9.17) is 9.47 Å². The van der Waals surface area contributed by atoms with Crippen molar-refractivity contribution in [1.29, 1.82) is 0 Å². The number of amides is 2. The number of carbonyl (C=O) groups excluding carboxylic acids is 2. The molecule has 37 heavy (non-hydrogen) atoms. The quantitative estimate of drug-likeness (QED) is 0.299. The van der Waals surface area contributed by atoms with Crippen LogP contribution in [0.15, 0.2) is 36.5 Å². The zero-order chi connectivity index (χ0) is 25.5. The number of rotatable bonds is 8. The van der Waals surface area contributed by atoms with Crippen LogP contribution in [-0.2, 0) is 4.74 Å². The van der Waals surface area contributed by atoms with Gasteiger partial charge in [0.2, 0.25) is 0 Å². The van der Waals surface area contributed by atoms with Crippen molar-refractivity contribution < 1.29 is 19.1 Å². The predicted molar refractivity (Wildman–Crippen MR) is 147 cm³/mol. The number of hydrogen-bond acceptors (Lipinski definition) is 7. The number of methoxy groups -OCH3 is 1. The first-order valence-electron chi connectivity index (χ1n) is 12.7. The maximum Gasteiger partial charge on any atom is 0.264 e. The maximum atomic E-state index is 13.3. The lowest BCUT2D eigenvalue weighted by Gasteiger charge is -2.23. The van der Waals surface area contributed by atoms with Gasteiger partial charge in [0.25, 0.3) is 11.8 Å². The van der Waals surface area contributed by atoms with Gasteiger partial charge in [-0.15, -0.1) is 22.7 Å². The third-order valence-electron chi connectivity index (χ3n) is 7.12. The van der Waals surface area contributed by atoms with Crippen molar-refractivity contribution >= 4 is 54.8 Å². The van der Waals surface area contributed by atoms with Crippen LogP contribution in [0.3, 0.4) is 0 Å². The predicted octanol–water partition coefficient (Wildman–Crippen LogP) is 6.00. The van der Waals surface area contributed by atoms with Gasteiger partial charge in [0.1, 0.15) is 11.5 Å². The van der Waals surface area contributed by atoms with E-state index in [1.807, 2.05) is 42.2 Å². The molecule has 1 saturated carbocycles. The molecule has 2 fully saturated rings. The second-order valence-corrected chi connectivity index (χ2v) is 12.1. The van der Waals surface area contributed by atoms with E-state index in [0.717, 1.165) is 56.7 Å². The highest BCUT2D eigenvalue weighted by molar-refractivity contribution is 7.21. The third-order valence-corrected chi connectivity index (χ3v) is 9.32. The van der Waals surface area contributed by atoms with Crippen LogP contribution in [0.4, 0.5) is 0 Å². The monoisotopic (exact) mass is 535 g/mol. The number of carbonyl (C=O) groups is 2. The molecule has 2 aliphatic rings. The van der Waals surface area contributed by atoms with Gasteiger partial charge in [0, 0.05) is 47.4 Å². The molecule has 1 aromatic carbocycles. The highest BCUT2D eigenvalue weighted by atomic mass is 32.1. The molecule has 4 aromatic rings. The molecule has 1 aliphatic carbocycles. The first-order chi connectivity index (χ1) is 18.0. The van der Waals surface area contributed by atoms with Crippen molar-refractivity contribution in [3.05, 3.63) is 51.8 Å². The number of pyridine rings is 1. The molecule has 1 saturated heterocycles. The Balaban J connectivity index is 1.25. The number of hydrogen-bond donors (Lipinski definition) is 1. The minimum Gasteiger partial charge on any atom is -0.456 e. The van der Waals surface area contributed by atoms with Gasteiger partial charge in [-0.3, -0.25) is 14.6 Å². The van der Waals surface area contributed by atoms with Crippen LogP contribution in [0.2, 0.25) is 0 Å². The van der Waals surface area contributed by atoms with E-state index in [9.17, 15) is 9.59 Å². The molecule has 4 heterocycles. The number of nitrogens with zero attached hydrogens (tertiary/aromatic N) is 2. The minimum atomic E-state index is 0.00156. The van der Waals surface area contributed by atoms with E-state index >= 15 is 0 Å². The van der Waals surface area contributed by atoms with Gasteiger partial charge in [-0.25, -0.2) is 0 Å². The first kappa shape index (κ1) is 24.3. The highest BCUT2D eigenvalue weighted by Crippen LogP contribution is 2.39. The fourth-order valence-electron chi connectivity index (χ4n) is 5.03. The number of thiophene rings is 2. The number of ether oxygens (including phenoxy) is 2.